The van der Waals surface area contributed by atoms with Gasteiger partial charge in [-0.3, -0.25) is 19.1 Å². The summed E-state index contributed by atoms with van der Waals surface area (Å²) >= 11 is 1.55. The zero-order valence-corrected chi connectivity index (χ0v) is 19.9. The van der Waals surface area contributed by atoms with Crippen molar-refractivity contribution in [3.05, 3.63) is 51.4 Å². The lowest BCUT2D eigenvalue weighted by atomic mass is 10.1. The molecule has 4 heterocycles. The van der Waals surface area contributed by atoms with Gasteiger partial charge in [0.15, 0.2) is 0 Å². The van der Waals surface area contributed by atoms with E-state index in [1.54, 1.807) is 36.3 Å². The first-order valence-electron chi connectivity index (χ1n) is 11.4. The number of hydrogen-bond acceptors (Lipinski definition) is 7. The van der Waals surface area contributed by atoms with Gasteiger partial charge in [-0.05, 0) is 24.1 Å². The van der Waals surface area contributed by atoms with Crippen LogP contribution in [0.15, 0.2) is 35.4 Å². The van der Waals surface area contributed by atoms with Gasteiger partial charge in [0.05, 0.1) is 31.1 Å². The van der Waals surface area contributed by atoms with E-state index in [-0.39, 0.29) is 11.5 Å². The van der Waals surface area contributed by atoms with Crippen molar-refractivity contribution >= 4 is 33.1 Å². The second-order valence-corrected chi connectivity index (χ2v) is 9.70. The molecule has 0 atom stereocenters. The molecule has 0 spiro atoms. The molecule has 3 aromatic rings. The van der Waals surface area contributed by atoms with Crippen LogP contribution in [0.2, 0.25) is 0 Å². The van der Waals surface area contributed by atoms with E-state index in [4.69, 9.17) is 4.74 Å². The van der Waals surface area contributed by atoms with E-state index in [1.807, 2.05) is 23.1 Å². The van der Waals surface area contributed by atoms with Crippen molar-refractivity contribution in [2.24, 2.45) is 0 Å². The molecular formula is C24H29N5O3S. The van der Waals surface area contributed by atoms with Crippen LogP contribution in [0.5, 0.6) is 5.75 Å². The van der Waals surface area contributed by atoms with Gasteiger partial charge in [0.2, 0.25) is 5.91 Å². The molecule has 0 unspecified atom stereocenters. The number of amides is 1. The average Bonchev–Trinajstić information content (AvgIpc) is 3.22. The summed E-state index contributed by atoms with van der Waals surface area (Å²) in [6, 6.07) is 8.13. The van der Waals surface area contributed by atoms with E-state index in [2.05, 4.69) is 20.9 Å². The van der Waals surface area contributed by atoms with Crippen LogP contribution in [0.3, 0.4) is 0 Å². The first kappa shape index (κ1) is 21.9. The molecule has 1 amide bonds. The molecule has 2 aliphatic heterocycles. The van der Waals surface area contributed by atoms with E-state index < -0.39 is 0 Å². The summed E-state index contributed by atoms with van der Waals surface area (Å²) in [7, 11) is 1.71. The number of fused-ring (bicyclic) bond motifs is 3. The molecule has 2 aliphatic rings. The normalized spacial score (nSPS) is 16.8. The van der Waals surface area contributed by atoms with Gasteiger partial charge in [-0.25, -0.2) is 4.98 Å². The first-order chi connectivity index (χ1) is 16.0. The zero-order chi connectivity index (χ0) is 22.9. The third-order valence-electron chi connectivity index (χ3n) is 6.73. The smallest absolute Gasteiger partial charge is 0.262 e. The number of aromatic nitrogens is 2. The average molecular weight is 468 g/mol. The first-order valence-corrected chi connectivity index (χ1v) is 12.2. The highest BCUT2D eigenvalue weighted by Crippen LogP contribution is 2.32. The number of benzene rings is 1. The van der Waals surface area contributed by atoms with E-state index in [9.17, 15) is 9.59 Å². The lowest BCUT2D eigenvalue weighted by Crippen LogP contribution is -2.47. The van der Waals surface area contributed by atoms with Crippen molar-refractivity contribution in [2.75, 3.05) is 51.3 Å². The van der Waals surface area contributed by atoms with Gasteiger partial charge in [-0.15, -0.1) is 11.3 Å². The quantitative estimate of drug-likeness (QED) is 0.573. The second-order valence-electron chi connectivity index (χ2n) is 8.62. The summed E-state index contributed by atoms with van der Waals surface area (Å²) in [6.07, 6.45) is 2.40. The molecule has 5 rings (SSSR count). The molecular weight excluding hydrogens is 438 g/mol. The summed E-state index contributed by atoms with van der Waals surface area (Å²) in [4.78, 5) is 38.1. The Hall–Kier alpha value is -2.91. The summed E-state index contributed by atoms with van der Waals surface area (Å²) in [6.45, 7) is 8.03. The number of carbonyl (C=O) groups excluding carboxylic acids is 1. The Kier molecular flexibility index (Phi) is 6.07. The van der Waals surface area contributed by atoms with Crippen LogP contribution < -0.4 is 15.2 Å². The lowest BCUT2D eigenvalue weighted by molar-refractivity contribution is -0.129. The number of ether oxygens (including phenoxy) is 1. The summed E-state index contributed by atoms with van der Waals surface area (Å²) < 4.78 is 7.26. The molecule has 1 fully saturated rings. The molecule has 0 N–H and O–H groups in total. The van der Waals surface area contributed by atoms with Crippen molar-refractivity contribution < 1.29 is 9.53 Å². The van der Waals surface area contributed by atoms with Crippen molar-refractivity contribution in [2.45, 2.75) is 26.4 Å². The molecule has 174 valence electrons. The number of hydrogen-bond donors (Lipinski definition) is 0. The molecule has 1 saturated heterocycles. The van der Waals surface area contributed by atoms with Gasteiger partial charge in [-0.2, -0.15) is 0 Å². The predicted octanol–water partition coefficient (Wildman–Crippen LogP) is 2.19. The standard InChI is InChI=1S/C24H29N5O3S/c1-17(30)28-8-7-18-21(15-28)33-23-22(18)24(31)29(16-25-23)14-11-26-9-12-27(13-10-26)19-5-3-4-6-20(19)32-2/h3-6,16H,7-15H2,1-2H3. The Morgan fingerprint density at radius 2 is 1.91 bits per heavy atom. The van der Waals surface area contributed by atoms with Gasteiger partial charge in [0.1, 0.15) is 10.6 Å². The van der Waals surface area contributed by atoms with Gasteiger partial charge in [0.25, 0.3) is 5.56 Å². The highest BCUT2D eigenvalue weighted by Gasteiger charge is 2.25. The number of anilines is 1. The van der Waals surface area contributed by atoms with E-state index in [0.29, 0.717) is 19.6 Å². The van der Waals surface area contributed by atoms with Gasteiger partial charge in [0, 0.05) is 57.6 Å². The van der Waals surface area contributed by atoms with Gasteiger partial charge in [-0.1, -0.05) is 12.1 Å². The van der Waals surface area contributed by atoms with Gasteiger partial charge >= 0.3 is 0 Å². The van der Waals surface area contributed by atoms with E-state index in [1.165, 1.54) is 0 Å². The summed E-state index contributed by atoms with van der Waals surface area (Å²) in [5.41, 5.74) is 2.27. The summed E-state index contributed by atoms with van der Waals surface area (Å²) in [5.74, 6) is 0.983. The topological polar surface area (TPSA) is 70.9 Å². The number of thiophene rings is 1. The number of piperazine rings is 1. The van der Waals surface area contributed by atoms with Crippen molar-refractivity contribution in [1.29, 1.82) is 0 Å². The molecule has 1 aromatic carbocycles. The van der Waals surface area contributed by atoms with Crippen molar-refractivity contribution in [1.82, 2.24) is 19.4 Å². The number of carbonyl (C=O) groups is 1. The number of rotatable bonds is 5. The fourth-order valence-electron chi connectivity index (χ4n) is 4.80. The number of para-hydroxylation sites is 2. The van der Waals surface area contributed by atoms with Crippen LogP contribution in [0, 0.1) is 0 Å². The molecule has 8 nitrogen and oxygen atoms in total. The Morgan fingerprint density at radius 1 is 1.12 bits per heavy atom. The minimum Gasteiger partial charge on any atom is -0.495 e. The molecule has 33 heavy (non-hydrogen) atoms. The molecule has 0 radical (unpaired) electrons. The minimum absolute atomic E-state index is 0.0430. The van der Waals surface area contributed by atoms with E-state index >= 15 is 0 Å². The third-order valence-corrected chi connectivity index (χ3v) is 7.85. The van der Waals surface area contributed by atoms with Crippen LogP contribution in [0.1, 0.15) is 17.4 Å². The zero-order valence-electron chi connectivity index (χ0n) is 19.1. The Labute approximate surface area is 197 Å². The maximum absolute atomic E-state index is 13.3. The molecule has 0 saturated carbocycles. The molecule has 0 aliphatic carbocycles. The Morgan fingerprint density at radius 3 is 2.67 bits per heavy atom. The highest BCUT2D eigenvalue weighted by atomic mass is 32.1. The molecule has 2 aromatic heterocycles. The number of methoxy groups -OCH3 is 1. The van der Waals surface area contributed by atoms with Crippen molar-refractivity contribution in [3.63, 3.8) is 0 Å². The predicted molar refractivity (Wildman–Crippen MR) is 130 cm³/mol. The second kappa shape index (κ2) is 9.15. The maximum atomic E-state index is 13.3. The third kappa shape index (κ3) is 4.22. The Balaban J connectivity index is 1.25. The highest BCUT2D eigenvalue weighted by molar-refractivity contribution is 7.18. The van der Waals surface area contributed by atoms with Crippen LogP contribution in [-0.4, -0.2) is 71.6 Å². The van der Waals surface area contributed by atoms with Gasteiger partial charge < -0.3 is 14.5 Å². The monoisotopic (exact) mass is 467 g/mol. The van der Waals surface area contributed by atoms with Crippen LogP contribution in [-0.2, 0) is 24.3 Å². The summed E-state index contributed by atoms with van der Waals surface area (Å²) in [5, 5.41) is 0.752. The van der Waals surface area contributed by atoms with Crippen LogP contribution in [0.25, 0.3) is 10.2 Å². The Bertz CT molecular complexity index is 1230. The lowest BCUT2D eigenvalue weighted by Gasteiger charge is -2.36. The number of nitrogens with zero attached hydrogens (tertiary/aromatic N) is 5. The minimum atomic E-state index is 0.0430. The maximum Gasteiger partial charge on any atom is 0.262 e. The van der Waals surface area contributed by atoms with E-state index in [0.717, 1.165) is 71.2 Å². The SMILES string of the molecule is COc1ccccc1N1CCN(CCn2cnc3sc4c(c3c2=O)CCN(C(C)=O)C4)CC1. The largest absolute Gasteiger partial charge is 0.495 e. The van der Waals surface area contributed by atoms with Crippen LogP contribution in [0.4, 0.5) is 5.69 Å². The molecule has 0 bridgehead atoms. The fraction of sp³-hybridized carbons (Fsp3) is 0.458. The van der Waals surface area contributed by atoms with Crippen molar-refractivity contribution in [3.8, 4) is 5.75 Å². The van der Waals surface area contributed by atoms with Crippen LogP contribution >= 0.6 is 11.3 Å². The fourth-order valence-corrected chi connectivity index (χ4v) is 5.99. The molecule has 9 heteroatoms.